The molecule has 1 heterocycles. The van der Waals surface area contributed by atoms with Gasteiger partial charge in [-0.15, -0.1) is 0 Å². The molecule has 3 N–H and O–H groups in total. The summed E-state index contributed by atoms with van der Waals surface area (Å²) in [6, 6.07) is 5.79. The molecule has 2 rings (SSSR count). The lowest BCUT2D eigenvalue weighted by molar-refractivity contribution is -0.272. The number of rotatable bonds is 8. The first-order valence-corrected chi connectivity index (χ1v) is 9.96. The molecule has 1 saturated heterocycles. The lowest BCUT2D eigenvalue weighted by Crippen LogP contribution is -2.50. The van der Waals surface area contributed by atoms with Gasteiger partial charge in [-0.1, -0.05) is 45.9 Å². The van der Waals surface area contributed by atoms with Crippen molar-refractivity contribution in [1.29, 1.82) is 0 Å². The van der Waals surface area contributed by atoms with Crippen molar-refractivity contribution in [2.45, 2.75) is 70.6 Å². The van der Waals surface area contributed by atoms with Crippen molar-refractivity contribution in [3.63, 3.8) is 0 Å². The summed E-state index contributed by atoms with van der Waals surface area (Å²) in [7, 11) is 0. The molecule has 8 nitrogen and oxygen atoms in total. The van der Waals surface area contributed by atoms with Crippen molar-refractivity contribution in [3.8, 4) is 5.75 Å². The van der Waals surface area contributed by atoms with E-state index < -0.39 is 30.8 Å². The molecule has 164 valence electrons. The predicted molar refractivity (Wildman–Crippen MR) is 105 cm³/mol. The molecule has 1 aliphatic heterocycles. The van der Waals surface area contributed by atoms with Gasteiger partial charge in [0, 0.05) is 6.42 Å². The number of carbonyl (C=O) groups excluding carboxylic acids is 1. The second kappa shape index (κ2) is 10.9. The summed E-state index contributed by atoms with van der Waals surface area (Å²) < 4.78 is 21.3. The highest BCUT2D eigenvalue weighted by molar-refractivity contribution is 5.66. The van der Waals surface area contributed by atoms with Gasteiger partial charge in [0.1, 0.15) is 18.5 Å². The molecule has 0 amide bonds. The van der Waals surface area contributed by atoms with E-state index in [-0.39, 0.29) is 38.1 Å². The molecule has 0 aliphatic carbocycles. The number of carbonyl (C=O) groups is 1. The minimum absolute atomic E-state index is 0.0649. The summed E-state index contributed by atoms with van der Waals surface area (Å²) in [6.45, 7) is 7.62. The van der Waals surface area contributed by atoms with Crippen LogP contribution in [-0.2, 0) is 14.2 Å². The Hall–Kier alpha value is -1.71. The van der Waals surface area contributed by atoms with Crippen molar-refractivity contribution in [2.75, 3.05) is 19.8 Å². The van der Waals surface area contributed by atoms with Crippen LogP contribution in [0, 0.1) is 0 Å². The van der Waals surface area contributed by atoms with E-state index in [9.17, 15) is 15.0 Å². The summed E-state index contributed by atoms with van der Waals surface area (Å²) in [5.74, 6) is 0.870. The van der Waals surface area contributed by atoms with Gasteiger partial charge in [0.05, 0.1) is 25.4 Å². The van der Waals surface area contributed by atoms with Gasteiger partial charge in [-0.25, -0.2) is 4.79 Å². The summed E-state index contributed by atoms with van der Waals surface area (Å²) >= 11 is 0. The molecular formula is C21H32O8. The number of aliphatic hydroxyl groups is 3. The number of hydrogen-bond donors (Lipinski definition) is 3. The topological polar surface area (TPSA) is 115 Å². The van der Waals surface area contributed by atoms with Crippen molar-refractivity contribution in [2.24, 2.45) is 0 Å². The zero-order valence-corrected chi connectivity index (χ0v) is 17.4. The van der Waals surface area contributed by atoms with Gasteiger partial charge in [-0.05, 0) is 23.0 Å². The quantitative estimate of drug-likeness (QED) is 0.338. The maximum absolute atomic E-state index is 12.2. The molecule has 1 aromatic rings. The van der Waals surface area contributed by atoms with Crippen molar-refractivity contribution < 1.29 is 39.1 Å². The van der Waals surface area contributed by atoms with Crippen LogP contribution in [0.5, 0.6) is 5.75 Å². The van der Waals surface area contributed by atoms with Crippen molar-refractivity contribution >= 4 is 6.16 Å². The minimum Gasteiger partial charge on any atom is -0.432 e. The Bertz CT molecular complexity index is 634. The number of hydrogen-bond acceptors (Lipinski definition) is 8. The summed E-state index contributed by atoms with van der Waals surface area (Å²) in [5.41, 5.74) is 1.85. The maximum Gasteiger partial charge on any atom is 0.513 e. The molecule has 0 radical (unpaired) electrons. The Morgan fingerprint density at radius 1 is 1.14 bits per heavy atom. The zero-order chi connectivity index (χ0) is 21.6. The van der Waals surface area contributed by atoms with Gasteiger partial charge in [-0.2, -0.15) is 0 Å². The molecule has 8 heteroatoms. The van der Waals surface area contributed by atoms with E-state index in [1.807, 2.05) is 45.9 Å². The van der Waals surface area contributed by atoms with Gasteiger partial charge in [0.25, 0.3) is 0 Å². The average Bonchev–Trinajstić information content (AvgIpc) is 2.67. The first kappa shape index (κ1) is 23.6. The molecule has 1 fully saturated rings. The first-order chi connectivity index (χ1) is 13.7. The normalized spacial score (nSPS) is 24.7. The lowest BCUT2D eigenvalue weighted by atomic mass is 9.94. The number of benzene rings is 1. The molecule has 1 aromatic carbocycles. The molecular weight excluding hydrogens is 380 g/mol. The third-order valence-corrected chi connectivity index (χ3v) is 4.80. The van der Waals surface area contributed by atoms with Crippen LogP contribution in [0.15, 0.2) is 18.2 Å². The number of ether oxygens (including phenoxy) is 4. The standard InChI is InChI=1S/C21H32O8/c1-12(2)15-6-5-7-16(13(3)4)19(15)29-21(25)27-9-8-26-20-18(24)17(23)10-14(11-22)28-20/h5-7,12-14,17-18,20,22-24H,8-11H2,1-4H3/t14?,17?,18-,20-/m1/s1. The zero-order valence-electron chi connectivity index (χ0n) is 17.4. The second-order valence-corrected chi connectivity index (χ2v) is 7.75. The van der Waals surface area contributed by atoms with Crippen LogP contribution in [0.25, 0.3) is 0 Å². The van der Waals surface area contributed by atoms with Crippen LogP contribution in [0.4, 0.5) is 4.79 Å². The van der Waals surface area contributed by atoms with E-state index in [0.717, 1.165) is 11.1 Å². The molecule has 4 atom stereocenters. The van der Waals surface area contributed by atoms with Crippen LogP contribution in [0.2, 0.25) is 0 Å². The fourth-order valence-corrected chi connectivity index (χ4v) is 3.17. The molecule has 29 heavy (non-hydrogen) atoms. The summed E-state index contributed by atoms with van der Waals surface area (Å²) in [4.78, 5) is 12.2. The Morgan fingerprint density at radius 3 is 2.31 bits per heavy atom. The fourth-order valence-electron chi connectivity index (χ4n) is 3.17. The Balaban J connectivity index is 1.88. The SMILES string of the molecule is CC(C)c1cccc(C(C)C)c1OC(=O)OCCO[C@@H]1OC(CO)CC(O)[C@H]1O. The summed E-state index contributed by atoms with van der Waals surface area (Å²) in [5, 5.41) is 28.8. The van der Waals surface area contributed by atoms with Crippen molar-refractivity contribution in [1.82, 2.24) is 0 Å². The highest BCUT2D eigenvalue weighted by Gasteiger charge is 2.37. The monoisotopic (exact) mass is 412 g/mol. The molecule has 2 unspecified atom stereocenters. The van der Waals surface area contributed by atoms with Gasteiger partial charge < -0.3 is 34.3 Å². The van der Waals surface area contributed by atoms with E-state index in [4.69, 9.17) is 24.1 Å². The highest BCUT2D eigenvalue weighted by atomic mass is 16.7. The third kappa shape index (κ3) is 6.38. The molecule has 1 aliphatic rings. The first-order valence-electron chi connectivity index (χ1n) is 9.96. The van der Waals surface area contributed by atoms with E-state index in [1.54, 1.807) is 0 Å². The number of para-hydroxylation sites is 1. The predicted octanol–water partition coefficient (Wildman–Crippen LogP) is 2.29. The van der Waals surface area contributed by atoms with Crippen LogP contribution >= 0.6 is 0 Å². The van der Waals surface area contributed by atoms with E-state index in [2.05, 4.69) is 0 Å². The van der Waals surface area contributed by atoms with Gasteiger partial charge in [-0.3, -0.25) is 0 Å². The minimum atomic E-state index is -1.24. The van der Waals surface area contributed by atoms with Crippen LogP contribution < -0.4 is 4.74 Å². The maximum atomic E-state index is 12.2. The molecule has 0 spiro atoms. The largest absolute Gasteiger partial charge is 0.513 e. The molecule has 0 aromatic heterocycles. The highest BCUT2D eigenvalue weighted by Crippen LogP contribution is 2.34. The molecule has 0 bridgehead atoms. The Kier molecular flexibility index (Phi) is 8.85. The van der Waals surface area contributed by atoms with Crippen LogP contribution in [0.1, 0.15) is 57.1 Å². The van der Waals surface area contributed by atoms with Gasteiger partial charge >= 0.3 is 6.16 Å². The van der Waals surface area contributed by atoms with Gasteiger partial charge in [0.15, 0.2) is 6.29 Å². The Labute approximate surface area is 171 Å². The second-order valence-electron chi connectivity index (χ2n) is 7.75. The smallest absolute Gasteiger partial charge is 0.432 e. The van der Waals surface area contributed by atoms with Crippen LogP contribution in [-0.4, -0.2) is 65.9 Å². The molecule has 0 saturated carbocycles. The van der Waals surface area contributed by atoms with Crippen molar-refractivity contribution in [3.05, 3.63) is 29.3 Å². The Morgan fingerprint density at radius 2 is 1.76 bits per heavy atom. The average molecular weight is 412 g/mol. The van der Waals surface area contributed by atoms with Crippen LogP contribution in [0.3, 0.4) is 0 Å². The third-order valence-electron chi connectivity index (χ3n) is 4.80. The lowest BCUT2D eigenvalue weighted by Gasteiger charge is -2.36. The summed E-state index contributed by atoms with van der Waals surface area (Å²) in [6.07, 6.45) is -4.75. The van der Waals surface area contributed by atoms with E-state index in [0.29, 0.717) is 5.75 Å². The van der Waals surface area contributed by atoms with E-state index >= 15 is 0 Å². The fraction of sp³-hybridized carbons (Fsp3) is 0.667. The van der Waals surface area contributed by atoms with Gasteiger partial charge in [0.2, 0.25) is 0 Å². The van der Waals surface area contributed by atoms with E-state index in [1.165, 1.54) is 0 Å². The number of aliphatic hydroxyl groups excluding tert-OH is 3.